The number of halogens is 4. The molecule has 1 aromatic heterocycles. The minimum atomic E-state index is -0.759. The first-order valence-electron chi connectivity index (χ1n) is 4.63. The minimum Gasteiger partial charge on any atom is -0.319 e. The zero-order valence-corrected chi connectivity index (χ0v) is 11.5. The van der Waals surface area contributed by atoms with Crippen molar-refractivity contribution in [2.75, 3.05) is 0 Å². The van der Waals surface area contributed by atoms with Crippen molar-refractivity contribution >= 4 is 38.9 Å². The number of rotatable bonds is 2. The Morgan fingerprint density at radius 3 is 2.59 bits per heavy atom. The average molecular weight is 339 g/mol. The van der Waals surface area contributed by atoms with Crippen LogP contribution in [0.15, 0.2) is 28.1 Å². The molecule has 1 aromatic carbocycles. The van der Waals surface area contributed by atoms with Crippen molar-refractivity contribution in [2.24, 2.45) is 5.73 Å². The van der Waals surface area contributed by atoms with Gasteiger partial charge in [-0.3, -0.25) is 0 Å². The van der Waals surface area contributed by atoms with Gasteiger partial charge in [0.05, 0.1) is 15.5 Å². The van der Waals surface area contributed by atoms with E-state index in [4.69, 9.17) is 17.3 Å². The highest BCUT2D eigenvalue weighted by atomic mass is 79.9. The van der Waals surface area contributed by atoms with Crippen molar-refractivity contribution < 1.29 is 8.78 Å². The minimum absolute atomic E-state index is 0.0724. The van der Waals surface area contributed by atoms with Gasteiger partial charge in [-0.15, -0.1) is 11.3 Å². The van der Waals surface area contributed by atoms with Crippen molar-refractivity contribution in [3.05, 3.63) is 55.1 Å². The molecule has 0 saturated heterocycles. The molecule has 90 valence electrons. The first kappa shape index (κ1) is 13.0. The Bertz CT molecular complexity index is 558. The van der Waals surface area contributed by atoms with Gasteiger partial charge in [-0.1, -0.05) is 11.6 Å². The molecule has 0 aliphatic rings. The summed E-state index contributed by atoms with van der Waals surface area (Å²) in [6.07, 6.45) is 0. The fourth-order valence-corrected chi connectivity index (χ4v) is 2.95. The summed E-state index contributed by atoms with van der Waals surface area (Å²) in [5.41, 5.74) is 5.98. The second-order valence-electron chi connectivity index (χ2n) is 3.40. The van der Waals surface area contributed by atoms with Crippen molar-refractivity contribution in [1.29, 1.82) is 0 Å². The highest BCUT2D eigenvalue weighted by Crippen LogP contribution is 2.33. The van der Waals surface area contributed by atoms with Crippen molar-refractivity contribution in [3.8, 4) is 0 Å². The Kier molecular flexibility index (Phi) is 3.82. The van der Waals surface area contributed by atoms with E-state index >= 15 is 0 Å². The molecule has 0 fully saturated rings. The van der Waals surface area contributed by atoms with E-state index in [0.29, 0.717) is 9.90 Å². The van der Waals surface area contributed by atoms with Gasteiger partial charge >= 0.3 is 0 Å². The molecule has 1 heterocycles. The van der Waals surface area contributed by atoms with E-state index in [0.717, 1.165) is 12.1 Å². The molecule has 2 rings (SSSR count). The summed E-state index contributed by atoms with van der Waals surface area (Å²) < 4.78 is 27.1. The van der Waals surface area contributed by atoms with E-state index in [9.17, 15) is 8.78 Å². The zero-order valence-electron chi connectivity index (χ0n) is 8.38. The number of hydrogen-bond donors (Lipinski definition) is 1. The molecular weight excluding hydrogens is 332 g/mol. The third-order valence-corrected chi connectivity index (χ3v) is 4.35. The molecule has 0 bridgehead atoms. The number of thiophene rings is 1. The molecule has 0 radical (unpaired) electrons. The lowest BCUT2D eigenvalue weighted by molar-refractivity contribution is 0.573. The highest BCUT2D eigenvalue weighted by molar-refractivity contribution is 9.10. The highest BCUT2D eigenvalue weighted by Gasteiger charge is 2.19. The van der Waals surface area contributed by atoms with Gasteiger partial charge < -0.3 is 5.73 Å². The fourth-order valence-electron chi connectivity index (χ4n) is 1.44. The maximum absolute atomic E-state index is 13.7. The summed E-state index contributed by atoms with van der Waals surface area (Å²) in [6, 6.07) is 3.06. The Labute approximate surface area is 114 Å². The predicted molar refractivity (Wildman–Crippen MR) is 69.4 cm³/mol. The van der Waals surface area contributed by atoms with Gasteiger partial charge in [0.15, 0.2) is 0 Å². The van der Waals surface area contributed by atoms with Gasteiger partial charge in [-0.25, -0.2) is 8.78 Å². The molecule has 2 aromatic rings. The molecule has 0 amide bonds. The van der Waals surface area contributed by atoms with Crippen LogP contribution in [-0.2, 0) is 0 Å². The van der Waals surface area contributed by atoms with Gasteiger partial charge in [-0.05, 0) is 39.5 Å². The normalized spacial score (nSPS) is 12.8. The average Bonchev–Trinajstić information content (AvgIpc) is 2.69. The van der Waals surface area contributed by atoms with E-state index in [1.807, 2.05) is 0 Å². The Balaban J connectivity index is 2.48. The van der Waals surface area contributed by atoms with E-state index in [1.165, 1.54) is 11.3 Å². The molecule has 6 heteroatoms. The molecule has 0 aliphatic carbocycles. The summed E-state index contributed by atoms with van der Waals surface area (Å²) in [6.45, 7) is 0. The zero-order chi connectivity index (χ0) is 12.6. The topological polar surface area (TPSA) is 26.0 Å². The van der Waals surface area contributed by atoms with Crippen LogP contribution in [-0.4, -0.2) is 0 Å². The molecule has 0 spiro atoms. The number of benzene rings is 1. The van der Waals surface area contributed by atoms with Crippen LogP contribution in [0.2, 0.25) is 5.02 Å². The molecule has 17 heavy (non-hydrogen) atoms. The predicted octanol–water partition coefficient (Wildman–Crippen LogP) is 4.49. The summed E-state index contributed by atoms with van der Waals surface area (Å²) >= 11 is 10.1. The largest absolute Gasteiger partial charge is 0.319 e. The third-order valence-electron chi connectivity index (χ3n) is 2.30. The standard InChI is InChI=1S/C11H7BrClF2NS/c12-6-4-8(14)5(3-9(6)15)10(16)11-7(13)1-2-17-11/h1-4,10H,16H2. The molecular formula is C11H7BrClF2NS. The van der Waals surface area contributed by atoms with E-state index in [2.05, 4.69) is 15.9 Å². The van der Waals surface area contributed by atoms with E-state index < -0.39 is 17.7 Å². The smallest absolute Gasteiger partial charge is 0.137 e. The Hall–Kier alpha value is -0.490. The van der Waals surface area contributed by atoms with Crippen LogP contribution in [0.5, 0.6) is 0 Å². The molecule has 1 nitrogen and oxygen atoms in total. The van der Waals surface area contributed by atoms with Gasteiger partial charge in [-0.2, -0.15) is 0 Å². The number of hydrogen-bond acceptors (Lipinski definition) is 2. The van der Waals surface area contributed by atoms with Crippen molar-refractivity contribution in [2.45, 2.75) is 6.04 Å². The Morgan fingerprint density at radius 2 is 2.00 bits per heavy atom. The summed E-state index contributed by atoms with van der Waals surface area (Å²) in [4.78, 5) is 0.618. The second-order valence-corrected chi connectivity index (χ2v) is 5.61. The van der Waals surface area contributed by atoms with Crippen LogP contribution in [0.4, 0.5) is 8.78 Å². The first-order chi connectivity index (χ1) is 8.00. The molecule has 0 aliphatic heterocycles. The first-order valence-corrected chi connectivity index (χ1v) is 6.68. The van der Waals surface area contributed by atoms with Crippen LogP contribution >= 0.6 is 38.9 Å². The molecule has 2 N–H and O–H groups in total. The summed E-state index contributed by atoms with van der Waals surface area (Å²) in [5.74, 6) is -1.11. The molecule has 0 saturated carbocycles. The molecule has 1 atom stereocenters. The van der Waals surface area contributed by atoms with Gasteiger partial charge in [0.2, 0.25) is 0 Å². The van der Waals surface area contributed by atoms with Crippen LogP contribution in [0.1, 0.15) is 16.5 Å². The van der Waals surface area contributed by atoms with Gasteiger partial charge in [0.25, 0.3) is 0 Å². The van der Waals surface area contributed by atoms with Crippen LogP contribution in [0.3, 0.4) is 0 Å². The molecule has 1 unspecified atom stereocenters. The summed E-state index contributed by atoms with van der Waals surface area (Å²) in [7, 11) is 0. The fraction of sp³-hybridized carbons (Fsp3) is 0.0909. The lowest BCUT2D eigenvalue weighted by Gasteiger charge is -2.12. The third kappa shape index (κ3) is 2.52. The van der Waals surface area contributed by atoms with Gasteiger partial charge in [0.1, 0.15) is 11.6 Å². The van der Waals surface area contributed by atoms with Gasteiger partial charge in [0, 0.05) is 10.4 Å². The second kappa shape index (κ2) is 5.02. The lowest BCUT2D eigenvalue weighted by Crippen LogP contribution is -2.13. The van der Waals surface area contributed by atoms with Crippen molar-refractivity contribution in [1.82, 2.24) is 0 Å². The van der Waals surface area contributed by atoms with Crippen LogP contribution < -0.4 is 5.73 Å². The Morgan fingerprint density at radius 1 is 1.29 bits per heavy atom. The lowest BCUT2D eigenvalue weighted by atomic mass is 10.1. The van der Waals surface area contributed by atoms with E-state index in [-0.39, 0.29) is 10.0 Å². The summed E-state index contributed by atoms with van der Waals surface area (Å²) in [5, 5.41) is 2.22. The van der Waals surface area contributed by atoms with E-state index in [1.54, 1.807) is 11.4 Å². The van der Waals surface area contributed by atoms with Crippen LogP contribution in [0.25, 0.3) is 0 Å². The van der Waals surface area contributed by atoms with Crippen LogP contribution in [0, 0.1) is 11.6 Å². The quantitative estimate of drug-likeness (QED) is 0.802. The van der Waals surface area contributed by atoms with Crippen molar-refractivity contribution in [3.63, 3.8) is 0 Å². The maximum Gasteiger partial charge on any atom is 0.137 e. The number of nitrogens with two attached hydrogens (primary N) is 1. The maximum atomic E-state index is 13.7. The monoisotopic (exact) mass is 337 g/mol. The SMILES string of the molecule is NC(c1cc(F)c(Br)cc1F)c1sccc1Cl.